The standard InChI is InChI=1S/C17H17NO2/c1-20-18-13-16(15-10-6-3-7-11-15)17(19)12-14-8-4-2-5-9-14/h2-11,13,18H,12H2,1H3. The topological polar surface area (TPSA) is 38.3 Å². The monoisotopic (exact) mass is 267 g/mol. The second-order valence-corrected chi connectivity index (χ2v) is 4.33. The smallest absolute Gasteiger partial charge is 0.169 e. The van der Waals surface area contributed by atoms with Gasteiger partial charge in [0.1, 0.15) is 0 Å². The quantitative estimate of drug-likeness (QED) is 0.646. The number of carbonyl (C=O) groups is 1. The summed E-state index contributed by atoms with van der Waals surface area (Å²) in [4.78, 5) is 17.3. The third kappa shape index (κ3) is 3.80. The highest BCUT2D eigenvalue weighted by atomic mass is 16.6. The molecular weight excluding hydrogens is 250 g/mol. The minimum atomic E-state index is 0.0481. The van der Waals surface area contributed by atoms with E-state index in [9.17, 15) is 4.79 Å². The SMILES string of the molecule is CONC=C(C(=O)Cc1ccccc1)c1ccccc1. The van der Waals surface area contributed by atoms with Crippen molar-refractivity contribution in [2.45, 2.75) is 6.42 Å². The van der Waals surface area contributed by atoms with Gasteiger partial charge >= 0.3 is 0 Å². The molecule has 2 aromatic rings. The minimum absolute atomic E-state index is 0.0481. The van der Waals surface area contributed by atoms with Crippen LogP contribution >= 0.6 is 0 Å². The van der Waals surface area contributed by atoms with Crippen molar-refractivity contribution >= 4 is 11.4 Å². The molecule has 0 aliphatic heterocycles. The van der Waals surface area contributed by atoms with Crippen molar-refractivity contribution in [3.63, 3.8) is 0 Å². The first-order valence-electron chi connectivity index (χ1n) is 6.42. The Morgan fingerprint density at radius 2 is 1.65 bits per heavy atom. The van der Waals surface area contributed by atoms with Crippen LogP contribution in [0.1, 0.15) is 11.1 Å². The van der Waals surface area contributed by atoms with E-state index in [1.54, 1.807) is 6.20 Å². The molecule has 0 unspecified atom stereocenters. The van der Waals surface area contributed by atoms with E-state index in [0.29, 0.717) is 12.0 Å². The van der Waals surface area contributed by atoms with Gasteiger partial charge in [-0.15, -0.1) is 0 Å². The summed E-state index contributed by atoms with van der Waals surface area (Å²) >= 11 is 0. The number of hydroxylamine groups is 1. The zero-order chi connectivity index (χ0) is 14.2. The maximum absolute atomic E-state index is 12.5. The molecule has 2 aromatic carbocycles. The molecule has 102 valence electrons. The van der Waals surface area contributed by atoms with Crippen molar-refractivity contribution in [2.75, 3.05) is 7.11 Å². The zero-order valence-electron chi connectivity index (χ0n) is 11.4. The van der Waals surface area contributed by atoms with Gasteiger partial charge in [-0.25, -0.2) is 0 Å². The summed E-state index contributed by atoms with van der Waals surface area (Å²) < 4.78 is 0. The average molecular weight is 267 g/mol. The Kier molecular flexibility index (Phi) is 5.09. The molecule has 0 atom stereocenters. The Bertz CT molecular complexity index is 576. The fourth-order valence-electron chi connectivity index (χ4n) is 1.94. The molecule has 0 spiro atoms. The van der Waals surface area contributed by atoms with Crippen LogP contribution in [0.3, 0.4) is 0 Å². The number of benzene rings is 2. The number of rotatable bonds is 6. The third-order valence-corrected chi connectivity index (χ3v) is 2.91. The van der Waals surface area contributed by atoms with Gasteiger partial charge < -0.3 is 0 Å². The lowest BCUT2D eigenvalue weighted by Gasteiger charge is -2.08. The van der Waals surface area contributed by atoms with Crippen LogP contribution < -0.4 is 5.48 Å². The van der Waals surface area contributed by atoms with E-state index < -0.39 is 0 Å². The van der Waals surface area contributed by atoms with E-state index >= 15 is 0 Å². The Labute approximate surface area is 118 Å². The number of hydrogen-bond donors (Lipinski definition) is 1. The molecule has 0 aliphatic carbocycles. The highest BCUT2D eigenvalue weighted by Crippen LogP contribution is 2.17. The molecule has 0 amide bonds. The van der Waals surface area contributed by atoms with Crippen LogP contribution in [0.2, 0.25) is 0 Å². The lowest BCUT2D eigenvalue weighted by molar-refractivity contribution is -0.113. The van der Waals surface area contributed by atoms with Crippen LogP contribution in [0, 0.1) is 0 Å². The summed E-state index contributed by atoms with van der Waals surface area (Å²) in [7, 11) is 1.51. The van der Waals surface area contributed by atoms with Crippen molar-refractivity contribution < 1.29 is 9.63 Å². The molecule has 0 radical (unpaired) electrons. The molecule has 3 heteroatoms. The van der Waals surface area contributed by atoms with Crippen molar-refractivity contribution in [1.82, 2.24) is 5.48 Å². The predicted octanol–water partition coefficient (Wildman–Crippen LogP) is 2.99. The molecule has 2 rings (SSSR count). The lowest BCUT2D eigenvalue weighted by atomic mass is 9.98. The first-order valence-corrected chi connectivity index (χ1v) is 6.42. The number of nitrogens with one attached hydrogen (secondary N) is 1. The molecular formula is C17H17NO2. The van der Waals surface area contributed by atoms with Gasteiger partial charge in [-0.05, 0) is 11.1 Å². The van der Waals surface area contributed by atoms with Crippen LogP contribution in [0.15, 0.2) is 66.9 Å². The second-order valence-electron chi connectivity index (χ2n) is 4.33. The highest BCUT2D eigenvalue weighted by Gasteiger charge is 2.12. The van der Waals surface area contributed by atoms with Gasteiger partial charge in [-0.1, -0.05) is 60.7 Å². The summed E-state index contributed by atoms with van der Waals surface area (Å²) in [6.07, 6.45) is 1.97. The third-order valence-electron chi connectivity index (χ3n) is 2.91. The number of Topliss-reactive ketones (excluding diaryl/α,β-unsaturated/α-hetero) is 1. The van der Waals surface area contributed by atoms with Crippen LogP contribution in [-0.4, -0.2) is 12.9 Å². The highest BCUT2D eigenvalue weighted by molar-refractivity contribution is 6.21. The fourth-order valence-corrected chi connectivity index (χ4v) is 1.94. The van der Waals surface area contributed by atoms with Crippen LogP contribution in [-0.2, 0) is 16.1 Å². The summed E-state index contributed by atoms with van der Waals surface area (Å²) in [5.41, 5.74) is 5.11. The molecule has 0 fully saturated rings. The fraction of sp³-hybridized carbons (Fsp3) is 0.118. The normalized spacial score (nSPS) is 11.2. The van der Waals surface area contributed by atoms with Gasteiger partial charge in [0.05, 0.1) is 7.11 Å². The van der Waals surface area contributed by atoms with Crippen molar-refractivity contribution in [3.05, 3.63) is 78.0 Å². The van der Waals surface area contributed by atoms with Gasteiger partial charge in [0, 0.05) is 18.2 Å². The van der Waals surface area contributed by atoms with E-state index in [-0.39, 0.29) is 5.78 Å². The van der Waals surface area contributed by atoms with Gasteiger partial charge in [-0.3, -0.25) is 15.1 Å². The number of ketones is 1. The molecule has 0 heterocycles. The minimum Gasteiger partial charge on any atom is -0.294 e. The van der Waals surface area contributed by atoms with Gasteiger partial charge in [-0.2, -0.15) is 0 Å². The summed E-state index contributed by atoms with van der Waals surface area (Å²) in [6.45, 7) is 0. The largest absolute Gasteiger partial charge is 0.294 e. The molecule has 3 nitrogen and oxygen atoms in total. The van der Waals surface area contributed by atoms with E-state index in [2.05, 4.69) is 5.48 Å². The number of allylic oxidation sites excluding steroid dienone is 1. The Morgan fingerprint density at radius 1 is 1.05 bits per heavy atom. The Morgan fingerprint density at radius 3 is 2.25 bits per heavy atom. The van der Waals surface area contributed by atoms with Crippen LogP contribution in [0.5, 0.6) is 0 Å². The molecule has 20 heavy (non-hydrogen) atoms. The molecule has 0 bridgehead atoms. The van der Waals surface area contributed by atoms with Gasteiger partial charge in [0.25, 0.3) is 0 Å². The van der Waals surface area contributed by atoms with Gasteiger partial charge in [0.15, 0.2) is 5.78 Å². The average Bonchev–Trinajstić information content (AvgIpc) is 2.50. The molecule has 0 saturated heterocycles. The Balaban J connectivity index is 2.21. The first-order chi connectivity index (χ1) is 9.81. The summed E-state index contributed by atoms with van der Waals surface area (Å²) in [6, 6.07) is 19.3. The summed E-state index contributed by atoms with van der Waals surface area (Å²) in [5, 5.41) is 0. The Hall–Kier alpha value is -2.39. The van der Waals surface area contributed by atoms with Crippen LogP contribution in [0.4, 0.5) is 0 Å². The van der Waals surface area contributed by atoms with Crippen molar-refractivity contribution in [3.8, 4) is 0 Å². The maximum Gasteiger partial charge on any atom is 0.169 e. The first kappa shape index (κ1) is 14.0. The van der Waals surface area contributed by atoms with E-state index in [0.717, 1.165) is 11.1 Å². The predicted molar refractivity (Wildman–Crippen MR) is 79.7 cm³/mol. The van der Waals surface area contributed by atoms with E-state index in [1.165, 1.54) is 7.11 Å². The number of hydrogen-bond acceptors (Lipinski definition) is 3. The molecule has 0 aliphatic rings. The van der Waals surface area contributed by atoms with Crippen LogP contribution in [0.25, 0.3) is 5.57 Å². The lowest BCUT2D eigenvalue weighted by Crippen LogP contribution is -2.11. The molecule has 0 saturated carbocycles. The maximum atomic E-state index is 12.5. The zero-order valence-corrected chi connectivity index (χ0v) is 11.4. The molecule has 1 N–H and O–H groups in total. The molecule has 0 aromatic heterocycles. The van der Waals surface area contributed by atoms with E-state index in [1.807, 2.05) is 60.7 Å². The summed E-state index contributed by atoms with van der Waals surface area (Å²) in [5.74, 6) is 0.0481. The number of carbonyl (C=O) groups excluding carboxylic acids is 1. The second kappa shape index (κ2) is 7.26. The van der Waals surface area contributed by atoms with Crippen molar-refractivity contribution in [1.29, 1.82) is 0 Å². The van der Waals surface area contributed by atoms with Crippen molar-refractivity contribution in [2.24, 2.45) is 0 Å². The van der Waals surface area contributed by atoms with Gasteiger partial charge in [0.2, 0.25) is 0 Å². The van der Waals surface area contributed by atoms with E-state index in [4.69, 9.17) is 4.84 Å².